The van der Waals surface area contributed by atoms with Gasteiger partial charge in [-0.1, -0.05) is 11.6 Å². The lowest BCUT2D eigenvalue weighted by Crippen LogP contribution is -2.12. The van der Waals surface area contributed by atoms with Crippen molar-refractivity contribution in [1.29, 1.82) is 0 Å². The predicted molar refractivity (Wildman–Crippen MR) is 62.2 cm³/mol. The highest BCUT2D eigenvalue weighted by Gasteiger charge is 2.08. The number of nitrogens with zero attached hydrogens (tertiary/aromatic N) is 2. The quantitative estimate of drug-likeness (QED) is 0.827. The zero-order valence-electron chi connectivity index (χ0n) is 8.50. The molecule has 5 heteroatoms. The number of halogens is 1. The maximum Gasteiger partial charge on any atom is 0.155 e. The Bertz CT molecular complexity index is 477. The molecule has 0 amide bonds. The van der Waals surface area contributed by atoms with Gasteiger partial charge in [0.2, 0.25) is 0 Å². The van der Waals surface area contributed by atoms with Crippen LogP contribution in [-0.2, 0) is 6.42 Å². The summed E-state index contributed by atoms with van der Waals surface area (Å²) >= 11 is 6.02. The number of nitrogens with one attached hydrogen (secondary N) is 1. The summed E-state index contributed by atoms with van der Waals surface area (Å²) in [5, 5.41) is 3.61. The molecule has 0 saturated heterocycles. The average molecular weight is 225 g/mol. The van der Waals surface area contributed by atoms with Crippen molar-refractivity contribution in [2.24, 2.45) is 0 Å². The second kappa shape index (κ2) is 4.08. The molecule has 2 aromatic rings. The van der Waals surface area contributed by atoms with Gasteiger partial charge in [0.1, 0.15) is 5.82 Å². The first-order chi connectivity index (χ1) is 7.22. The van der Waals surface area contributed by atoms with Crippen LogP contribution in [-0.4, -0.2) is 23.0 Å². The molecule has 2 rings (SSSR count). The lowest BCUT2D eigenvalue weighted by Gasteiger charge is -2.01. The summed E-state index contributed by atoms with van der Waals surface area (Å²) in [4.78, 5) is 4.30. The van der Waals surface area contributed by atoms with E-state index in [0.29, 0.717) is 10.8 Å². The van der Waals surface area contributed by atoms with Crippen molar-refractivity contribution in [1.82, 2.24) is 14.7 Å². The Morgan fingerprint density at radius 3 is 3.07 bits per heavy atom. The summed E-state index contributed by atoms with van der Waals surface area (Å²) < 4.78 is 1.94. The van der Waals surface area contributed by atoms with Gasteiger partial charge in [0.15, 0.2) is 5.15 Å². The summed E-state index contributed by atoms with van der Waals surface area (Å²) in [5.41, 5.74) is 7.33. The SMILES string of the molecule is CNCCc1nc(Cl)c2ccc(N)cn12. The molecule has 4 nitrogen and oxygen atoms in total. The third-order valence-electron chi connectivity index (χ3n) is 2.29. The highest BCUT2D eigenvalue weighted by molar-refractivity contribution is 6.32. The third kappa shape index (κ3) is 1.91. The van der Waals surface area contributed by atoms with Crippen molar-refractivity contribution in [3.63, 3.8) is 0 Å². The van der Waals surface area contributed by atoms with E-state index in [0.717, 1.165) is 24.3 Å². The van der Waals surface area contributed by atoms with E-state index in [1.54, 1.807) is 0 Å². The Labute approximate surface area is 93.1 Å². The number of likely N-dealkylation sites (N-methyl/N-ethyl adjacent to an activating group) is 1. The van der Waals surface area contributed by atoms with E-state index < -0.39 is 0 Å². The number of anilines is 1. The molecular formula is C10H13ClN4. The van der Waals surface area contributed by atoms with Crippen LogP contribution in [0.1, 0.15) is 5.82 Å². The second-order valence-corrected chi connectivity index (χ2v) is 3.75. The number of imidazole rings is 1. The van der Waals surface area contributed by atoms with Gasteiger partial charge in [-0.15, -0.1) is 0 Å². The van der Waals surface area contributed by atoms with E-state index in [4.69, 9.17) is 17.3 Å². The molecule has 0 saturated carbocycles. The molecule has 0 aliphatic carbocycles. The number of nitrogen functional groups attached to an aromatic ring is 1. The maximum atomic E-state index is 6.02. The number of hydrogen-bond donors (Lipinski definition) is 2. The highest BCUT2D eigenvalue weighted by Crippen LogP contribution is 2.19. The van der Waals surface area contributed by atoms with E-state index in [9.17, 15) is 0 Å². The number of nitrogens with two attached hydrogens (primary N) is 1. The monoisotopic (exact) mass is 224 g/mol. The van der Waals surface area contributed by atoms with Crippen molar-refractivity contribution in [2.75, 3.05) is 19.3 Å². The van der Waals surface area contributed by atoms with Crippen molar-refractivity contribution in [3.05, 3.63) is 29.3 Å². The van der Waals surface area contributed by atoms with Crippen LogP contribution in [0, 0.1) is 0 Å². The number of hydrogen-bond acceptors (Lipinski definition) is 3. The molecule has 0 aliphatic heterocycles. The van der Waals surface area contributed by atoms with Crippen LogP contribution < -0.4 is 11.1 Å². The molecule has 0 unspecified atom stereocenters. The number of pyridine rings is 1. The van der Waals surface area contributed by atoms with Crippen LogP contribution in [0.15, 0.2) is 18.3 Å². The minimum Gasteiger partial charge on any atom is -0.398 e. The Balaban J connectivity index is 2.49. The standard InChI is InChI=1S/C10H13ClN4/c1-13-5-4-9-14-10(11)8-3-2-7(12)6-15(8)9/h2-3,6,13H,4-5,12H2,1H3. The molecule has 2 heterocycles. The molecule has 80 valence electrons. The maximum absolute atomic E-state index is 6.02. The summed E-state index contributed by atoms with van der Waals surface area (Å²) in [6.45, 7) is 0.865. The first kappa shape index (κ1) is 10.3. The van der Waals surface area contributed by atoms with Gasteiger partial charge in [-0.2, -0.15) is 0 Å². The van der Waals surface area contributed by atoms with Crippen LogP contribution in [0.3, 0.4) is 0 Å². The molecule has 0 spiro atoms. The smallest absolute Gasteiger partial charge is 0.155 e. The first-order valence-corrected chi connectivity index (χ1v) is 5.16. The zero-order valence-corrected chi connectivity index (χ0v) is 9.25. The van der Waals surface area contributed by atoms with Gasteiger partial charge < -0.3 is 15.5 Å². The third-order valence-corrected chi connectivity index (χ3v) is 2.56. The molecule has 2 aromatic heterocycles. The predicted octanol–water partition coefficient (Wildman–Crippen LogP) is 1.33. The summed E-state index contributed by atoms with van der Waals surface area (Å²) in [5.74, 6) is 0.927. The minimum atomic E-state index is 0.529. The summed E-state index contributed by atoms with van der Waals surface area (Å²) in [6, 6.07) is 3.71. The fourth-order valence-electron chi connectivity index (χ4n) is 1.54. The Morgan fingerprint density at radius 2 is 2.33 bits per heavy atom. The van der Waals surface area contributed by atoms with Gasteiger partial charge in [0.25, 0.3) is 0 Å². The Hall–Kier alpha value is -1.26. The van der Waals surface area contributed by atoms with Gasteiger partial charge in [-0.25, -0.2) is 4.98 Å². The van der Waals surface area contributed by atoms with Crippen molar-refractivity contribution < 1.29 is 0 Å². The van der Waals surface area contributed by atoms with Gasteiger partial charge in [-0.3, -0.25) is 0 Å². The van der Waals surface area contributed by atoms with E-state index in [1.807, 2.05) is 29.8 Å². The van der Waals surface area contributed by atoms with Crippen molar-refractivity contribution in [2.45, 2.75) is 6.42 Å². The molecule has 0 radical (unpaired) electrons. The van der Waals surface area contributed by atoms with Crippen molar-refractivity contribution >= 4 is 22.8 Å². The molecule has 0 fully saturated rings. The van der Waals surface area contributed by atoms with Crippen LogP contribution in [0.4, 0.5) is 5.69 Å². The average Bonchev–Trinajstić information content (AvgIpc) is 2.52. The lowest BCUT2D eigenvalue weighted by molar-refractivity contribution is 0.753. The molecule has 0 bridgehead atoms. The largest absolute Gasteiger partial charge is 0.398 e. The molecule has 0 atom stereocenters. The summed E-state index contributed by atoms with van der Waals surface area (Å²) in [6.07, 6.45) is 2.67. The van der Waals surface area contributed by atoms with E-state index in [1.165, 1.54) is 0 Å². The fourth-order valence-corrected chi connectivity index (χ4v) is 1.79. The normalized spacial score (nSPS) is 11.1. The van der Waals surface area contributed by atoms with E-state index in [2.05, 4.69) is 10.3 Å². The van der Waals surface area contributed by atoms with Gasteiger partial charge in [0.05, 0.1) is 5.52 Å². The van der Waals surface area contributed by atoms with Crippen LogP contribution in [0.5, 0.6) is 0 Å². The van der Waals surface area contributed by atoms with E-state index >= 15 is 0 Å². The Morgan fingerprint density at radius 1 is 1.53 bits per heavy atom. The number of fused-ring (bicyclic) bond motifs is 1. The molecule has 3 N–H and O–H groups in total. The van der Waals surface area contributed by atoms with Crippen LogP contribution >= 0.6 is 11.6 Å². The fraction of sp³-hybridized carbons (Fsp3) is 0.300. The van der Waals surface area contributed by atoms with Gasteiger partial charge >= 0.3 is 0 Å². The molecule has 15 heavy (non-hydrogen) atoms. The molecule has 0 aromatic carbocycles. The molecular weight excluding hydrogens is 212 g/mol. The molecule has 0 aliphatic rings. The van der Waals surface area contributed by atoms with Crippen LogP contribution in [0.2, 0.25) is 5.15 Å². The van der Waals surface area contributed by atoms with Crippen molar-refractivity contribution in [3.8, 4) is 0 Å². The first-order valence-electron chi connectivity index (χ1n) is 4.79. The Kier molecular flexibility index (Phi) is 2.79. The minimum absolute atomic E-state index is 0.529. The second-order valence-electron chi connectivity index (χ2n) is 3.39. The number of rotatable bonds is 3. The topological polar surface area (TPSA) is 55.3 Å². The van der Waals surface area contributed by atoms with Crippen LogP contribution in [0.25, 0.3) is 5.52 Å². The van der Waals surface area contributed by atoms with Gasteiger partial charge in [0, 0.05) is 24.8 Å². The highest BCUT2D eigenvalue weighted by atomic mass is 35.5. The zero-order chi connectivity index (χ0) is 10.8. The van der Waals surface area contributed by atoms with E-state index in [-0.39, 0.29) is 0 Å². The lowest BCUT2D eigenvalue weighted by atomic mass is 10.3. The summed E-state index contributed by atoms with van der Waals surface area (Å²) in [7, 11) is 1.91. The number of aromatic nitrogens is 2. The van der Waals surface area contributed by atoms with Gasteiger partial charge in [-0.05, 0) is 19.2 Å².